The maximum absolute atomic E-state index is 12.3. The van der Waals surface area contributed by atoms with E-state index in [4.69, 9.17) is 4.74 Å². The first-order valence-corrected chi connectivity index (χ1v) is 10.3. The first-order chi connectivity index (χ1) is 12.6. The molecule has 0 saturated carbocycles. The number of aryl methyl sites for hydroxylation is 2. The average molecular weight is 373 g/mol. The molecule has 1 N–H and O–H groups in total. The van der Waals surface area contributed by atoms with Crippen LogP contribution in [0.15, 0.2) is 35.0 Å². The lowest BCUT2D eigenvalue weighted by Gasteiger charge is -2.34. The third kappa shape index (κ3) is 5.08. The van der Waals surface area contributed by atoms with Gasteiger partial charge in [-0.3, -0.25) is 9.69 Å². The quantitative estimate of drug-likeness (QED) is 0.796. The lowest BCUT2D eigenvalue weighted by Crippen LogP contribution is -2.41. The summed E-state index contributed by atoms with van der Waals surface area (Å²) in [7, 11) is 0. The fraction of sp³-hybridized carbons (Fsp3) is 0.476. The minimum Gasteiger partial charge on any atom is -0.484 e. The Kier molecular flexibility index (Phi) is 6.69. The minimum atomic E-state index is -0.0690. The summed E-state index contributed by atoms with van der Waals surface area (Å²) in [6, 6.07) is 8.34. The van der Waals surface area contributed by atoms with Crippen molar-refractivity contribution >= 4 is 17.2 Å². The monoisotopic (exact) mass is 372 g/mol. The molecule has 0 radical (unpaired) electrons. The zero-order chi connectivity index (χ0) is 18.4. The zero-order valence-electron chi connectivity index (χ0n) is 15.7. The van der Waals surface area contributed by atoms with Crippen LogP contribution < -0.4 is 10.1 Å². The van der Waals surface area contributed by atoms with Gasteiger partial charge in [0.15, 0.2) is 6.61 Å². The third-order valence-electron chi connectivity index (χ3n) is 5.10. The number of thiophene rings is 1. The molecule has 140 valence electrons. The van der Waals surface area contributed by atoms with E-state index in [1.165, 1.54) is 36.0 Å². The van der Waals surface area contributed by atoms with Crippen LogP contribution in [0, 0.1) is 13.8 Å². The maximum atomic E-state index is 12.3. The van der Waals surface area contributed by atoms with Crippen molar-refractivity contribution in [2.24, 2.45) is 0 Å². The molecule has 0 bridgehead atoms. The van der Waals surface area contributed by atoms with Crippen LogP contribution in [0.25, 0.3) is 0 Å². The molecule has 0 aliphatic carbocycles. The van der Waals surface area contributed by atoms with Crippen LogP contribution in [0.2, 0.25) is 0 Å². The second-order valence-corrected chi connectivity index (χ2v) is 7.79. The molecule has 1 aliphatic heterocycles. The molecule has 1 unspecified atom stereocenters. The number of nitrogens with one attached hydrogen (secondary N) is 1. The van der Waals surface area contributed by atoms with Crippen molar-refractivity contribution < 1.29 is 9.53 Å². The van der Waals surface area contributed by atoms with Gasteiger partial charge >= 0.3 is 0 Å². The molecule has 0 spiro atoms. The number of carbonyl (C=O) groups is 1. The summed E-state index contributed by atoms with van der Waals surface area (Å²) in [5.74, 6) is 0.675. The number of piperidine rings is 1. The molecule has 4 nitrogen and oxygen atoms in total. The summed E-state index contributed by atoms with van der Waals surface area (Å²) in [5, 5.41) is 7.36. The van der Waals surface area contributed by atoms with Crippen molar-refractivity contribution in [1.82, 2.24) is 10.2 Å². The van der Waals surface area contributed by atoms with Gasteiger partial charge in [-0.05, 0) is 85.4 Å². The van der Waals surface area contributed by atoms with E-state index < -0.39 is 0 Å². The van der Waals surface area contributed by atoms with Crippen molar-refractivity contribution in [3.63, 3.8) is 0 Å². The van der Waals surface area contributed by atoms with Crippen molar-refractivity contribution in [3.05, 3.63) is 51.7 Å². The van der Waals surface area contributed by atoms with Crippen LogP contribution in [0.1, 0.15) is 42.0 Å². The highest BCUT2D eigenvalue weighted by Crippen LogP contribution is 2.25. The highest BCUT2D eigenvalue weighted by Gasteiger charge is 2.23. The van der Waals surface area contributed by atoms with E-state index in [2.05, 4.69) is 34.0 Å². The molecule has 1 atom stereocenters. The topological polar surface area (TPSA) is 41.6 Å². The number of hydrogen-bond acceptors (Lipinski definition) is 4. The molecular weight excluding hydrogens is 344 g/mol. The van der Waals surface area contributed by atoms with Gasteiger partial charge in [0.2, 0.25) is 0 Å². The fourth-order valence-corrected chi connectivity index (χ4v) is 4.07. The number of nitrogens with zero attached hydrogens (tertiary/aromatic N) is 1. The van der Waals surface area contributed by atoms with E-state index in [0.29, 0.717) is 6.54 Å². The summed E-state index contributed by atoms with van der Waals surface area (Å²) in [5.41, 5.74) is 3.69. The molecule has 1 fully saturated rings. The van der Waals surface area contributed by atoms with Crippen molar-refractivity contribution in [3.8, 4) is 5.75 Å². The molecular formula is C21H28N2O2S. The third-order valence-corrected chi connectivity index (χ3v) is 5.80. The van der Waals surface area contributed by atoms with Crippen LogP contribution in [0.5, 0.6) is 5.75 Å². The number of ether oxygens (including phenoxy) is 1. The largest absolute Gasteiger partial charge is 0.484 e. The van der Waals surface area contributed by atoms with Gasteiger partial charge in [-0.15, -0.1) is 0 Å². The van der Waals surface area contributed by atoms with Crippen LogP contribution >= 0.6 is 11.3 Å². The van der Waals surface area contributed by atoms with Gasteiger partial charge in [-0.25, -0.2) is 0 Å². The predicted molar refractivity (Wildman–Crippen MR) is 107 cm³/mol. The van der Waals surface area contributed by atoms with Gasteiger partial charge in [0, 0.05) is 6.54 Å². The second-order valence-electron chi connectivity index (χ2n) is 7.01. The van der Waals surface area contributed by atoms with Gasteiger partial charge < -0.3 is 10.1 Å². The van der Waals surface area contributed by atoms with E-state index in [9.17, 15) is 4.79 Å². The van der Waals surface area contributed by atoms with E-state index in [1.54, 1.807) is 11.3 Å². The van der Waals surface area contributed by atoms with E-state index in [0.717, 1.165) is 18.8 Å². The Hall–Kier alpha value is -1.85. The number of benzene rings is 1. The van der Waals surface area contributed by atoms with Gasteiger partial charge in [0.1, 0.15) is 5.75 Å². The number of carbonyl (C=O) groups excluding carboxylic acids is 1. The number of amides is 1. The van der Waals surface area contributed by atoms with Crippen LogP contribution in [-0.4, -0.2) is 37.0 Å². The van der Waals surface area contributed by atoms with Crippen molar-refractivity contribution in [2.75, 3.05) is 26.2 Å². The molecule has 1 aromatic carbocycles. The molecule has 2 heterocycles. The summed E-state index contributed by atoms with van der Waals surface area (Å²) in [4.78, 5) is 14.8. The Morgan fingerprint density at radius 2 is 2.00 bits per heavy atom. The maximum Gasteiger partial charge on any atom is 0.258 e. The van der Waals surface area contributed by atoms with E-state index in [-0.39, 0.29) is 18.6 Å². The average Bonchev–Trinajstić information content (AvgIpc) is 3.18. The smallest absolute Gasteiger partial charge is 0.258 e. The van der Waals surface area contributed by atoms with E-state index in [1.807, 2.05) is 25.1 Å². The van der Waals surface area contributed by atoms with Crippen molar-refractivity contribution in [1.29, 1.82) is 0 Å². The first-order valence-electron chi connectivity index (χ1n) is 9.36. The number of hydrogen-bond donors (Lipinski definition) is 1. The lowest BCUT2D eigenvalue weighted by atomic mass is 10.0. The van der Waals surface area contributed by atoms with E-state index >= 15 is 0 Å². The predicted octanol–water partition coefficient (Wildman–Crippen LogP) is 4.09. The summed E-state index contributed by atoms with van der Waals surface area (Å²) in [6.07, 6.45) is 3.79. The number of rotatable bonds is 7. The molecule has 1 amide bonds. The molecule has 26 heavy (non-hydrogen) atoms. The number of likely N-dealkylation sites (tertiary alicyclic amines) is 1. The Morgan fingerprint density at radius 1 is 1.19 bits per heavy atom. The summed E-state index contributed by atoms with van der Waals surface area (Å²) < 4.78 is 5.65. The molecule has 1 saturated heterocycles. The normalized spacial score (nSPS) is 16.2. The summed E-state index contributed by atoms with van der Waals surface area (Å²) in [6.45, 7) is 7.01. The standard InChI is InChI=1S/C21H28N2O2S/c1-16-6-7-19(12-17(16)2)25-14-21(24)22-13-20(18-8-11-26-15-18)23-9-4-3-5-10-23/h6-8,11-12,15,20H,3-5,9-10,13-14H2,1-2H3,(H,22,24). The minimum absolute atomic E-state index is 0.0544. The zero-order valence-corrected chi connectivity index (χ0v) is 16.5. The van der Waals surface area contributed by atoms with Crippen molar-refractivity contribution in [2.45, 2.75) is 39.2 Å². The molecule has 1 aromatic heterocycles. The molecule has 2 aromatic rings. The molecule has 3 rings (SSSR count). The van der Waals surface area contributed by atoms with Crippen LogP contribution in [-0.2, 0) is 4.79 Å². The Balaban J connectivity index is 1.52. The van der Waals surface area contributed by atoms with Crippen LogP contribution in [0.3, 0.4) is 0 Å². The fourth-order valence-electron chi connectivity index (χ4n) is 3.37. The van der Waals surface area contributed by atoms with Crippen LogP contribution in [0.4, 0.5) is 0 Å². The SMILES string of the molecule is Cc1ccc(OCC(=O)NCC(c2ccsc2)N2CCCCC2)cc1C. The summed E-state index contributed by atoms with van der Waals surface area (Å²) >= 11 is 1.71. The second kappa shape index (κ2) is 9.19. The first kappa shape index (κ1) is 18.9. The Labute approximate surface area is 160 Å². The van der Waals surface area contributed by atoms with Gasteiger partial charge in [0.25, 0.3) is 5.91 Å². The Bertz CT molecular complexity index is 709. The van der Waals surface area contributed by atoms with Gasteiger partial charge in [0.05, 0.1) is 6.04 Å². The van der Waals surface area contributed by atoms with Gasteiger partial charge in [-0.1, -0.05) is 12.5 Å². The molecule has 5 heteroatoms. The highest BCUT2D eigenvalue weighted by atomic mass is 32.1. The lowest BCUT2D eigenvalue weighted by molar-refractivity contribution is -0.123. The highest BCUT2D eigenvalue weighted by molar-refractivity contribution is 7.07. The van der Waals surface area contributed by atoms with Gasteiger partial charge in [-0.2, -0.15) is 11.3 Å². The Morgan fingerprint density at radius 3 is 2.69 bits per heavy atom. The molecule has 1 aliphatic rings.